The van der Waals surface area contributed by atoms with Crippen molar-refractivity contribution in [3.8, 4) is 10.6 Å². The SMILES string of the molecule is Cn1nc(C(=O)N2CC(c3cccnc3)C2)cc1-c1cccs1. The van der Waals surface area contributed by atoms with Crippen LogP contribution in [0.25, 0.3) is 10.6 Å². The average molecular weight is 324 g/mol. The third kappa shape index (κ3) is 2.55. The number of amides is 1. The average Bonchev–Trinajstić information content (AvgIpc) is 3.16. The first kappa shape index (κ1) is 14.1. The van der Waals surface area contributed by atoms with Gasteiger partial charge in [0.15, 0.2) is 5.69 Å². The zero-order chi connectivity index (χ0) is 15.8. The summed E-state index contributed by atoms with van der Waals surface area (Å²) in [6.45, 7) is 1.46. The third-order valence-corrected chi connectivity index (χ3v) is 5.09. The lowest BCUT2D eigenvalue weighted by Gasteiger charge is -2.38. The van der Waals surface area contributed by atoms with E-state index in [1.807, 2.05) is 47.8 Å². The van der Waals surface area contributed by atoms with E-state index in [1.54, 1.807) is 22.2 Å². The molecule has 116 valence electrons. The van der Waals surface area contributed by atoms with Gasteiger partial charge in [-0.1, -0.05) is 12.1 Å². The second kappa shape index (κ2) is 5.62. The Morgan fingerprint density at radius 1 is 1.30 bits per heavy atom. The minimum atomic E-state index is 0.00328. The van der Waals surface area contributed by atoms with Gasteiger partial charge in [-0.3, -0.25) is 14.5 Å². The van der Waals surface area contributed by atoms with Gasteiger partial charge in [0.05, 0.1) is 10.6 Å². The van der Waals surface area contributed by atoms with Crippen molar-refractivity contribution >= 4 is 17.2 Å². The van der Waals surface area contributed by atoms with E-state index in [4.69, 9.17) is 0 Å². The molecule has 0 aliphatic carbocycles. The molecule has 4 heterocycles. The predicted molar refractivity (Wildman–Crippen MR) is 89.4 cm³/mol. The van der Waals surface area contributed by atoms with E-state index < -0.39 is 0 Å². The fourth-order valence-corrected chi connectivity index (χ4v) is 3.63. The Labute approximate surface area is 138 Å². The van der Waals surface area contributed by atoms with Crippen LogP contribution >= 0.6 is 11.3 Å². The van der Waals surface area contributed by atoms with Crippen LogP contribution in [-0.2, 0) is 7.05 Å². The third-order valence-electron chi connectivity index (χ3n) is 4.20. The number of thiophene rings is 1. The monoisotopic (exact) mass is 324 g/mol. The van der Waals surface area contributed by atoms with Crippen molar-refractivity contribution in [1.82, 2.24) is 19.7 Å². The van der Waals surface area contributed by atoms with Crippen LogP contribution in [0.5, 0.6) is 0 Å². The molecule has 1 aliphatic heterocycles. The molecular weight excluding hydrogens is 308 g/mol. The van der Waals surface area contributed by atoms with Gasteiger partial charge in [0.25, 0.3) is 5.91 Å². The van der Waals surface area contributed by atoms with Crippen molar-refractivity contribution in [3.05, 3.63) is 59.4 Å². The molecule has 1 aliphatic rings. The molecule has 0 saturated carbocycles. The summed E-state index contributed by atoms with van der Waals surface area (Å²) in [5, 5.41) is 6.41. The maximum Gasteiger partial charge on any atom is 0.274 e. The van der Waals surface area contributed by atoms with Gasteiger partial charge in [-0.25, -0.2) is 0 Å². The molecule has 1 saturated heterocycles. The van der Waals surface area contributed by atoms with Crippen molar-refractivity contribution in [1.29, 1.82) is 0 Å². The van der Waals surface area contributed by atoms with E-state index >= 15 is 0 Å². The second-order valence-corrected chi connectivity index (χ2v) is 6.66. The van der Waals surface area contributed by atoms with E-state index in [-0.39, 0.29) is 5.91 Å². The van der Waals surface area contributed by atoms with Crippen LogP contribution in [0.15, 0.2) is 48.1 Å². The van der Waals surface area contributed by atoms with Gasteiger partial charge in [0.1, 0.15) is 0 Å². The number of hydrogen-bond acceptors (Lipinski definition) is 4. The fourth-order valence-electron chi connectivity index (χ4n) is 2.86. The van der Waals surface area contributed by atoms with Crippen LogP contribution in [0.4, 0.5) is 0 Å². The summed E-state index contributed by atoms with van der Waals surface area (Å²) in [7, 11) is 1.88. The second-order valence-electron chi connectivity index (χ2n) is 5.71. The van der Waals surface area contributed by atoms with Crippen LogP contribution in [0.3, 0.4) is 0 Å². The summed E-state index contributed by atoms with van der Waals surface area (Å²) < 4.78 is 1.78. The lowest BCUT2D eigenvalue weighted by atomic mass is 9.92. The number of carbonyl (C=O) groups is 1. The molecule has 0 unspecified atom stereocenters. The standard InChI is InChI=1S/C17H16N4OS/c1-20-15(16-5-3-7-23-16)8-14(19-20)17(22)21-10-13(11-21)12-4-2-6-18-9-12/h2-9,13H,10-11H2,1H3. The number of carbonyl (C=O) groups excluding carboxylic acids is 1. The molecule has 0 radical (unpaired) electrons. The van der Waals surface area contributed by atoms with Gasteiger partial charge < -0.3 is 4.90 Å². The number of rotatable bonds is 3. The van der Waals surface area contributed by atoms with Crippen molar-refractivity contribution < 1.29 is 4.79 Å². The molecule has 6 heteroatoms. The summed E-state index contributed by atoms with van der Waals surface area (Å²) in [5.41, 5.74) is 2.69. The molecule has 5 nitrogen and oxygen atoms in total. The van der Waals surface area contributed by atoms with E-state index in [0.29, 0.717) is 11.6 Å². The Hall–Kier alpha value is -2.47. The fraction of sp³-hybridized carbons (Fsp3) is 0.235. The number of likely N-dealkylation sites (tertiary alicyclic amines) is 1. The van der Waals surface area contributed by atoms with Crippen molar-refractivity contribution in [3.63, 3.8) is 0 Å². The van der Waals surface area contributed by atoms with Gasteiger partial charge in [0.2, 0.25) is 0 Å². The Kier molecular flexibility index (Phi) is 3.46. The molecule has 1 fully saturated rings. The first-order chi connectivity index (χ1) is 11.2. The number of pyridine rings is 1. The van der Waals surface area contributed by atoms with Gasteiger partial charge in [0, 0.05) is 38.4 Å². The number of aromatic nitrogens is 3. The summed E-state index contributed by atoms with van der Waals surface area (Å²) in [4.78, 5) is 19.7. The molecular formula is C17H16N4OS. The summed E-state index contributed by atoms with van der Waals surface area (Å²) >= 11 is 1.65. The molecule has 0 spiro atoms. The van der Waals surface area contributed by atoms with Crippen LogP contribution < -0.4 is 0 Å². The van der Waals surface area contributed by atoms with Gasteiger partial charge >= 0.3 is 0 Å². The lowest BCUT2D eigenvalue weighted by Crippen LogP contribution is -2.48. The first-order valence-electron chi connectivity index (χ1n) is 7.49. The van der Waals surface area contributed by atoms with Crippen LogP contribution in [0.2, 0.25) is 0 Å². The van der Waals surface area contributed by atoms with E-state index in [0.717, 1.165) is 23.7 Å². The number of nitrogens with zero attached hydrogens (tertiary/aromatic N) is 4. The maximum atomic E-state index is 12.6. The lowest BCUT2D eigenvalue weighted by molar-refractivity contribution is 0.0595. The Bertz CT molecular complexity index is 820. The van der Waals surface area contributed by atoms with Crippen LogP contribution in [0, 0.1) is 0 Å². The molecule has 0 N–H and O–H groups in total. The molecule has 0 aromatic carbocycles. The summed E-state index contributed by atoms with van der Waals surface area (Å²) in [6.07, 6.45) is 3.65. The zero-order valence-corrected chi connectivity index (χ0v) is 13.5. The molecule has 4 rings (SSSR count). The minimum Gasteiger partial charge on any atom is -0.336 e. The van der Waals surface area contributed by atoms with Crippen molar-refractivity contribution in [2.75, 3.05) is 13.1 Å². The summed E-state index contributed by atoms with van der Waals surface area (Å²) in [5.74, 6) is 0.386. The minimum absolute atomic E-state index is 0.00328. The molecule has 23 heavy (non-hydrogen) atoms. The Morgan fingerprint density at radius 2 is 2.17 bits per heavy atom. The maximum absolute atomic E-state index is 12.6. The number of aryl methyl sites for hydroxylation is 1. The van der Waals surface area contributed by atoms with Crippen LogP contribution in [0.1, 0.15) is 22.0 Å². The van der Waals surface area contributed by atoms with Gasteiger partial charge in [-0.05, 0) is 29.1 Å². The van der Waals surface area contributed by atoms with E-state index in [1.165, 1.54) is 5.56 Å². The largest absolute Gasteiger partial charge is 0.336 e. The smallest absolute Gasteiger partial charge is 0.274 e. The molecule has 0 atom stereocenters. The highest BCUT2D eigenvalue weighted by Crippen LogP contribution is 2.29. The van der Waals surface area contributed by atoms with Gasteiger partial charge in [-0.2, -0.15) is 5.10 Å². The topological polar surface area (TPSA) is 51.0 Å². The molecule has 1 amide bonds. The predicted octanol–water partition coefficient (Wildman–Crippen LogP) is 2.78. The van der Waals surface area contributed by atoms with Crippen LogP contribution in [-0.4, -0.2) is 38.7 Å². The first-order valence-corrected chi connectivity index (χ1v) is 8.37. The normalized spacial score (nSPS) is 14.7. The number of hydrogen-bond donors (Lipinski definition) is 0. The Balaban J connectivity index is 1.48. The summed E-state index contributed by atoms with van der Waals surface area (Å²) in [6, 6.07) is 9.92. The van der Waals surface area contributed by atoms with Crippen molar-refractivity contribution in [2.24, 2.45) is 7.05 Å². The van der Waals surface area contributed by atoms with E-state index in [2.05, 4.69) is 16.1 Å². The highest BCUT2D eigenvalue weighted by molar-refractivity contribution is 7.13. The van der Waals surface area contributed by atoms with Gasteiger partial charge in [-0.15, -0.1) is 11.3 Å². The highest BCUT2D eigenvalue weighted by atomic mass is 32.1. The highest BCUT2D eigenvalue weighted by Gasteiger charge is 2.33. The zero-order valence-electron chi connectivity index (χ0n) is 12.7. The Morgan fingerprint density at radius 3 is 2.87 bits per heavy atom. The molecule has 3 aromatic heterocycles. The quantitative estimate of drug-likeness (QED) is 0.744. The molecule has 3 aromatic rings. The van der Waals surface area contributed by atoms with E-state index in [9.17, 15) is 4.79 Å². The van der Waals surface area contributed by atoms with Crippen molar-refractivity contribution in [2.45, 2.75) is 5.92 Å². The molecule has 0 bridgehead atoms.